The van der Waals surface area contributed by atoms with Crippen LogP contribution >= 0.6 is 23.2 Å². The van der Waals surface area contributed by atoms with E-state index in [1.165, 1.54) is 0 Å². The van der Waals surface area contributed by atoms with Crippen molar-refractivity contribution in [2.75, 3.05) is 0 Å². The third-order valence-electron chi connectivity index (χ3n) is 2.47. The number of benzene rings is 1. The van der Waals surface area contributed by atoms with E-state index in [0.29, 0.717) is 12.0 Å². The molecule has 0 saturated carbocycles. The van der Waals surface area contributed by atoms with Gasteiger partial charge in [0.25, 0.3) is 0 Å². The molecule has 1 unspecified atom stereocenters. The predicted octanol–water partition coefficient (Wildman–Crippen LogP) is 4.52. The van der Waals surface area contributed by atoms with Crippen LogP contribution in [-0.2, 0) is 6.54 Å². The molecule has 1 aromatic rings. The Balaban J connectivity index is 2.51. The van der Waals surface area contributed by atoms with E-state index in [4.69, 9.17) is 23.2 Å². The zero-order valence-electron chi connectivity index (χ0n) is 10.1. The average molecular weight is 260 g/mol. The molecular formula is C13H19Cl2N. The first-order valence-corrected chi connectivity index (χ1v) is 6.42. The van der Waals surface area contributed by atoms with Crippen molar-refractivity contribution in [3.63, 3.8) is 0 Å². The zero-order valence-corrected chi connectivity index (χ0v) is 11.6. The summed E-state index contributed by atoms with van der Waals surface area (Å²) in [5.41, 5.74) is 1.06. The Bertz CT molecular complexity index is 337. The molecule has 0 amide bonds. The standard InChI is InChI=1S/C13H19Cl2N/c1-9(2)6-10(3)16-8-11-7-12(14)4-5-13(11)15/h4-5,7,9-10,16H,6,8H2,1-3H3. The molecule has 0 radical (unpaired) electrons. The van der Waals surface area contributed by atoms with Crippen LogP contribution in [0.3, 0.4) is 0 Å². The van der Waals surface area contributed by atoms with Gasteiger partial charge in [-0.3, -0.25) is 0 Å². The summed E-state index contributed by atoms with van der Waals surface area (Å²) in [5.74, 6) is 0.706. The van der Waals surface area contributed by atoms with E-state index in [0.717, 1.165) is 28.6 Å². The van der Waals surface area contributed by atoms with Gasteiger partial charge in [0.2, 0.25) is 0 Å². The van der Waals surface area contributed by atoms with Crippen LogP contribution < -0.4 is 5.32 Å². The van der Waals surface area contributed by atoms with Crippen LogP contribution in [0, 0.1) is 5.92 Å². The van der Waals surface area contributed by atoms with Crippen LogP contribution in [0.25, 0.3) is 0 Å². The summed E-state index contributed by atoms with van der Waals surface area (Å²) in [5, 5.41) is 4.96. The maximum absolute atomic E-state index is 6.09. The molecule has 0 aliphatic carbocycles. The first kappa shape index (κ1) is 13.8. The van der Waals surface area contributed by atoms with Crippen LogP contribution in [0.1, 0.15) is 32.8 Å². The van der Waals surface area contributed by atoms with Gasteiger partial charge >= 0.3 is 0 Å². The minimum Gasteiger partial charge on any atom is -0.310 e. The van der Waals surface area contributed by atoms with Crippen molar-refractivity contribution in [2.45, 2.75) is 39.8 Å². The molecule has 1 N–H and O–H groups in total. The Hall–Kier alpha value is -0.240. The summed E-state index contributed by atoms with van der Waals surface area (Å²) in [6, 6.07) is 6.06. The molecule has 0 aliphatic rings. The van der Waals surface area contributed by atoms with E-state index in [-0.39, 0.29) is 0 Å². The zero-order chi connectivity index (χ0) is 12.1. The fraction of sp³-hybridized carbons (Fsp3) is 0.538. The summed E-state index contributed by atoms with van der Waals surface area (Å²) in [4.78, 5) is 0. The SMILES string of the molecule is CC(C)CC(C)NCc1cc(Cl)ccc1Cl. The Morgan fingerprint density at radius 1 is 1.19 bits per heavy atom. The number of hydrogen-bond acceptors (Lipinski definition) is 1. The summed E-state index contributed by atoms with van der Waals surface area (Å²) >= 11 is 12.0. The molecule has 3 heteroatoms. The van der Waals surface area contributed by atoms with Gasteiger partial charge in [-0.2, -0.15) is 0 Å². The van der Waals surface area contributed by atoms with Crippen LogP contribution in [0.2, 0.25) is 10.0 Å². The lowest BCUT2D eigenvalue weighted by molar-refractivity contribution is 0.441. The summed E-state index contributed by atoms with van der Waals surface area (Å²) in [6.45, 7) is 7.42. The molecule has 0 spiro atoms. The lowest BCUT2D eigenvalue weighted by Crippen LogP contribution is -2.26. The number of rotatable bonds is 5. The molecule has 0 aliphatic heterocycles. The van der Waals surface area contributed by atoms with E-state index in [9.17, 15) is 0 Å². The van der Waals surface area contributed by atoms with Gasteiger partial charge in [0.05, 0.1) is 0 Å². The van der Waals surface area contributed by atoms with Gasteiger partial charge in [-0.15, -0.1) is 0 Å². The van der Waals surface area contributed by atoms with Crippen molar-refractivity contribution in [1.82, 2.24) is 5.32 Å². The minimum atomic E-state index is 0.495. The van der Waals surface area contributed by atoms with Crippen LogP contribution in [0.5, 0.6) is 0 Å². The van der Waals surface area contributed by atoms with E-state index in [1.54, 1.807) is 0 Å². The monoisotopic (exact) mass is 259 g/mol. The predicted molar refractivity (Wildman–Crippen MR) is 72.2 cm³/mol. The molecule has 1 atom stereocenters. The van der Waals surface area contributed by atoms with Crippen molar-refractivity contribution in [1.29, 1.82) is 0 Å². The Morgan fingerprint density at radius 3 is 2.50 bits per heavy atom. The molecule has 0 heterocycles. The summed E-state index contributed by atoms with van der Waals surface area (Å²) in [6.07, 6.45) is 1.16. The maximum atomic E-state index is 6.09. The third kappa shape index (κ3) is 4.73. The molecule has 0 fully saturated rings. The van der Waals surface area contributed by atoms with E-state index < -0.39 is 0 Å². The van der Waals surface area contributed by atoms with Gasteiger partial charge in [-0.1, -0.05) is 37.0 Å². The molecule has 0 bridgehead atoms. The van der Waals surface area contributed by atoms with Crippen LogP contribution in [0.15, 0.2) is 18.2 Å². The van der Waals surface area contributed by atoms with Gasteiger partial charge < -0.3 is 5.32 Å². The topological polar surface area (TPSA) is 12.0 Å². The maximum Gasteiger partial charge on any atom is 0.0451 e. The molecule has 0 saturated heterocycles. The highest BCUT2D eigenvalue weighted by Gasteiger charge is 2.06. The highest BCUT2D eigenvalue weighted by molar-refractivity contribution is 6.33. The highest BCUT2D eigenvalue weighted by Crippen LogP contribution is 2.20. The van der Waals surface area contributed by atoms with Crippen LogP contribution in [-0.4, -0.2) is 6.04 Å². The van der Waals surface area contributed by atoms with Crippen molar-refractivity contribution in [3.05, 3.63) is 33.8 Å². The lowest BCUT2D eigenvalue weighted by atomic mass is 10.1. The smallest absolute Gasteiger partial charge is 0.0451 e. The van der Waals surface area contributed by atoms with E-state index >= 15 is 0 Å². The quantitative estimate of drug-likeness (QED) is 0.820. The van der Waals surface area contributed by atoms with Gasteiger partial charge in [0, 0.05) is 22.6 Å². The highest BCUT2D eigenvalue weighted by atomic mass is 35.5. The molecule has 90 valence electrons. The van der Waals surface area contributed by atoms with Gasteiger partial charge in [-0.05, 0) is 43.0 Å². The lowest BCUT2D eigenvalue weighted by Gasteiger charge is -2.16. The number of halogens is 2. The molecule has 16 heavy (non-hydrogen) atoms. The molecule has 1 aromatic carbocycles. The normalized spacial score (nSPS) is 13.1. The Kier molecular flexibility index (Phi) is 5.60. The van der Waals surface area contributed by atoms with Crippen molar-refractivity contribution in [2.24, 2.45) is 5.92 Å². The second kappa shape index (κ2) is 6.48. The number of nitrogens with one attached hydrogen (secondary N) is 1. The van der Waals surface area contributed by atoms with Gasteiger partial charge in [0.15, 0.2) is 0 Å². The number of hydrogen-bond donors (Lipinski definition) is 1. The summed E-state index contributed by atoms with van der Waals surface area (Å²) < 4.78 is 0. The average Bonchev–Trinajstić information content (AvgIpc) is 2.18. The van der Waals surface area contributed by atoms with E-state index in [2.05, 4.69) is 26.1 Å². The first-order chi connectivity index (χ1) is 7.49. The Labute approximate surface area is 108 Å². The van der Waals surface area contributed by atoms with Crippen molar-refractivity contribution in [3.8, 4) is 0 Å². The molecule has 1 rings (SSSR count). The molecular weight excluding hydrogens is 241 g/mol. The van der Waals surface area contributed by atoms with Crippen LogP contribution in [0.4, 0.5) is 0 Å². The second-order valence-corrected chi connectivity index (χ2v) is 5.49. The van der Waals surface area contributed by atoms with Crippen molar-refractivity contribution < 1.29 is 0 Å². The third-order valence-corrected chi connectivity index (χ3v) is 3.08. The Morgan fingerprint density at radius 2 is 1.88 bits per heavy atom. The largest absolute Gasteiger partial charge is 0.310 e. The van der Waals surface area contributed by atoms with E-state index in [1.807, 2.05) is 18.2 Å². The second-order valence-electron chi connectivity index (χ2n) is 4.65. The molecule has 0 aromatic heterocycles. The molecule has 1 nitrogen and oxygen atoms in total. The first-order valence-electron chi connectivity index (χ1n) is 5.66. The van der Waals surface area contributed by atoms with Crippen molar-refractivity contribution >= 4 is 23.2 Å². The summed E-state index contributed by atoms with van der Waals surface area (Å²) in [7, 11) is 0. The minimum absolute atomic E-state index is 0.495. The fourth-order valence-electron chi connectivity index (χ4n) is 1.75. The van der Waals surface area contributed by atoms with Gasteiger partial charge in [0.1, 0.15) is 0 Å². The van der Waals surface area contributed by atoms with Gasteiger partial charge in [-0.25, -0.2) is 0 Å². The fourth-order valence-corrected chi connectivity index (χ4v) is 2.13.